The summed E-state index contributed by atoms with van der Waals surface area (Å²) in [7, 11) is 0. The molecule has 0 aliphatic carbocycles. The van der Waals surface area contributed by atoms with Crippen molar-refractivity contribution in [3.8, 4) is 11.1 Å². The smallest absolute Gasteiger partial charge is 0.0465 e. The van der Waals surface area contributed by atoms with Crippen molar-refractivity contribution in [1.82, 2.24) is 0 Å². The highest BCUT2D eigenvalue weighted by Gasteiger charge is 2.33. The monoisotopic (exact) mass is 416 g/mol. The van der Waals surface area contributed by atoms with Crippen LogP contribution >= 0.6 is 23.2 Å². The highest BCUT2D eigenvalue weighted by Crippen LogP contribution is 2.43. The Bertz CT molecular complexity index is 1110. The molecule has 0 aliphatic heterocycles. The lowest BCUT2D eigenvalue weighted by Crippen LogP contribution is -2.25. The summed E-state index contributed by atoms with van der Waals surface area (Å²) in [5.74, 6) is 0. The largest absolute Gasteiger partial charge is 0.0843 e. The Morgan fingerprint density at radius 2 is 1.17 bits per heavy atom. The molecule has 0 amide bonds. The second-order valence-corrected chi connectivity index (χ2v) is 8.40. The second kappa shape index (κ2) is 8.06. The van der Waals surface area contributed by atoms with Gasteiger partial charge in [-0.15, -0.1) is 0 Å². The average molecular weight is 417 g/mol. The zero-order valence-electron chi connectivity index (χ0n) is 16.5. The van der Waals surface area contributed by atoms with Crippen molar-refractivity contribution in [2.24, 2.45) is 0 Å². The minimum absolute atomic E-state index is 0.398. The van der Waals surface area contributed by atoms with E-state index in [1.54, 1.807) is 0 Å². The van der Waals surface area contributed by atoms with Gasteiger partial charge in [0.2, 0.25) is 0 Å². The van der Waals surface area contributed by atoms with E-state index in [4.69, 9.17) is 23.2 Å². The van der Waals surface area contributed by atoms with Crippen LogP contribution in [-0.2, 0) is 5.41 Å². The van der Waals surface area contributed by atoms with Gasteiger partial charge in [-0.3, -0.25) is 0 Å². The van der Waals surface area contributed by atoms with Crippen molar-refractivity contribution in [2.45, 2.75) is 19.3 Å². The third-order valence-electron chi connectivity index (χ3n) is 5.67. The SMILES string of the molecule is Cc1ccc(C(C)(c2ccc(-c3ccccc3)cc2)c2ccc(Cl)cc2Cl)cc1. The summed E-state index contributed by atoms with van der Waals surface area (Å²) in [6.45, 7) is 4.33. The molecule has 0 heterocycles. The molecular weight excluding hydrogens is 395 g/mol. The number of benzene rings is 4. The van der Waals surface area contributed by atoms with Gasteiger partial charge in [0.1, 0.15) is 0 Å². The highest BCUT2D eigenvalue weighted by atomic mass is 35.5. The Kier molecular flexibility index (Phi) is 5.50. The summed E-state index contributed by atoms with van der Waals surface area (Å²) in [6.07, 6.45) is 0. The summed E-state index contributed by atoms with van der Waals surface area (Å²) in [6, 6.07) is 33.6. The molecular formula is C27H22Cl2. The van der Waals surface area contributed by atoms with E-state index in [9.17, 15) is 0 Å². The van der Waals surface area contributed by atoms with E-state index in [0.29, 0.717) is 10.0 Å². The summed E-state index contributed by atoms with van der Waals surface area (Å²) in [5, 5.41) is 1.32. The van der Waals surface area contributed by atoms with Crippen LogP contribution in [0.1, 0.15) is 29.2 Å². The first-order valence-corrected chi connectivity index (χ1v) is 10.4. The Labute approximate surface area is 182 Å². The molecule has 0 nitrogen and oxygen atoms in total. The van der Waals surface area contributed by atoms with E-state index < -0.39 is 5.41 Å². The zero-order valence-corrected chi connectivity index (χ0v) is 18.0. The van der Waals surface area contributed by atoms with Gasteiger partial charge >= 0.3 is 0 Å². The molecule has 0 radical (unpaired) electrons. The van der Waals surface area contributed by atoms with Crippen molar-refractivity contribution >= 4 is 23.2 Å². The molecule has 1 atom stereocenters. The predicted molar refractivity (Wildman–Crippen MR) is 125 cm³/mol. The van der Waals surface area contributed by atoms with Gasteiger partial charge in [0.25, 0.3) is 0 Å². The first-order valence-electron chi connectivity index (χ1n) is 9.67. The normalized spacial score (nSPS) is 13.1. The third-order valence-corrected chi connectivity index (χ3v) is 6.22. The minimum atomic E-state index is -0.398. The van der Waals surface area contributed by atoms with Crippen molar-refractivity contribution in [2.75, 3.05) is 0 Å². The molecule has 0 aliphatic rings. The molecule has 0 N–H and O–H groups in total. The van der Waals surface area contributed by atoms with E-state index in [1.807, 2.05) is 24.3 Å². The summed E-state index contributed by atoms with van der Waals surface area (Å²) in [4.78, 5) is 0. The lowest BCUT2D eigenvalue weighted by molar-refractivity contribution is 0.692. The van der Waals surface area contributed by atoms with Crippen LogP contribution in [0, 0.1) is 6.92 Å². The van der Waals surface area contributed by atoms with Gasteiger partial charge in [-0.25, -0.2) is 0 Å². The van der Waals surface area contributed by atoms with E-state index >= 15 is 0 Å². The molecule has 144 valence electrons. The van der Waals surface area contributed by atoms with Crippen LogP contribution in [0.2, 0.25) is 10.0 Å². The molecule has 2 heteroatoms. The highest BCUT2D eigenvalue weighted by molar-refractivity contribution is 6.35. The van der Waals surface area contributed by atoms with Crippen molar-refractivity contribution in [1.29, 1.82) is 0 Å². The van der Waals surface area contributed by atoms with Gasteiger partial charge in [0, 0.05) is 15.5 Å². The van der Waals surface area contributed by atoms with Crippen LogP contribution in [0.5, 0.6) is 0 Å². The van der Waals surface area contributed by atoms with Gasteiger partial charge in [-0.2, -0.15) is 0 Å². The maximum Gasteiger partial charge on any atom is 0.0465 e. The van der Waals surface area contributed by atoms with Gasteiger partial charge in [0.05, 0.1) is 0 Å². The molecule has 1 unspecified atom stereocenters. The van der Waals surface area contributed by atoms with E-state index in [0.717, 1.165) is 5.56 Å². The molecule has 0 spiro atoms. The molecule has 0 saturated carbocycles. The van der Waals surface area contributed by atoms with Crippen LogP contribution in [0.15, 0.2) is 97.1 Å². The number of rotatable bonds is 4. The Balaban J connectivity index is 1.87. The molecule has 0 saturated heterocycles. The predicted octanol–water partition coefficient (Wildman–Crippen LogP) is 8.32. The van der Waals surface area contributed by atoms with Crippen LogP contribution < -0.4 is 0 Å². The van der Waals surface area contributed by atoms with Crippen molar-refractivity contribution in [3.05, 3.63) is 129 Å². The molecule has 4 aromatic carbocycles. The molecule has 4 rings (SSSR count). The lowest BCUT2D eigenvalue weighted by atomic mass is 9.70. The number of aryl methyl sites for hydroxylation is 1. The van der Waals surface area contributed by atoms with Crippen molar-refractivity contribution in [3.63, 3.8) is 0 Å². The van der Waals surface area contributed by atoms with Crippen molar-refractivity contribution < 1.29 is 0 Å². The fraction of sp³-hybridized carbons (Fsp3) is 0.111. The van der Waals surface area contributed by atoms with Crippen LogP contribution in [0.3, 0.4) is 0 Å². The first-order chi connectivity index (χ1) is 14.0. The van der Waals surface area contributed by atoms with Gasteiger partial charge in [-0.05, 0) is 53.8 Å². The first kappa shape index (κ1) is 19.8. The average Bonchev–Trinajstić information content (AvgIpc) is 2.74. The standard InChI is InChI=1S/C27H22Cl2/c1-19-8-12-22(13-9-19)27(2,25-17-16-24(28)18-26(25)29)23-14-10-21(11-15-23)20-6-4-3-5-7-20/h3-18H,1-2H3. The molecule has 29 heavy (non-hydrogen) atoms. The molecule has 0 bridgehead atoms. The summed E-state index contributed by atoms with van der Waals surface area (Å²) in [5.41, 5.74) is 6.66. The maximum atomic E-state index is 6.69. The van der Waals surface area contributed by atoms with Gasteiger partial charge in [-0.1, -0.05) is 114 Å². The second-order valence-electron chi connectivity index (χ2n) is 7.56. The zero-order chi connectivity index (χ0) is 20.4. The minimum Gasteiger partial charge on any atom is -0.0843 e. The van der Waals surface area contributed by atoms with Gasteiger partial charge in [0.15, 0.2) is 0 Å². The topological polar surface area (TPSA) is 0 Å². The fourth-order valence-electron chi connectivity index (χ4n) is 3.89. The fourth-order valence-corrected chi connectivity index (χ4v) is 4.48. The van der Waals surface area contributed by atoms with E-state index in [2.05, 4.69) is 86.6 Å². The van der Waals surface area contributed by atoms with E-state index in [-0.39, 0.29) is 0 Å². The van der Waals surface area contributed by atoms with Crippen LogP contribution in [-0.4, -0.2) is 0 Å². The molecule has 4 aromatic rings. The molecule has 0 aromatic heterocycles. The Morgan fingerprint density at radius 1 is 0.621 bits per heavy atom. The third kappa shape index (κ3) is 3.83. The quantitative estimate of drug-likeness (QED) is 0.293. The lowest BCUT2D eigenvalue weighted by Gasteiger charge is -2.33. The Hall–Kier alpha value is -2.54. The van der Waals surface area contributed by atoms with Crippen LogP contribution in [0.4, 0.5) is 0 Å². The molecule has 0 fully saturated rings. The van der Waals surface area contributed by atoms with Gasteiger partial charge < -0.3 is 0 Å². The summed E-state index contributed by atoms with van der Waals surface area (Å²) >= 11 is 12.9. The number of halogens is 2. The van der Waals surface area contributed by atoms with Crippen LogP contribution in [0.25, 0.3) is 11.1 Å². The van der Waals surface area contributed by atoms with E-state index in [1.165, 1.54) is 27.8 Å². The number of hydrogen-bond donors (Lipinski definition) is 0. The number of hydrogen-bond acceptors (Lipinski definition) is 0. The summed E-state index contributed by atoms with van der Waals surface area (Å²) < 4.78 is 0. The maximum absolute atomic E-state index is 6.69. The Morgan fingerprint density at radius 3 is 1.76 bits per heavy atom.